The highest BCUT2D eigenvalue weighted by atomic mass is 32.1. The van der Waals surface area contributed by atoms with Crippen molar-refractivity contribution in [3.63, 3.8) is 0 Å². The monoisotopic (exact) mass is 395 g/mol. The number of hydrogen-bond acceptors (Lipinski definition) is 8. The van der Waals surface area contributed by atoms with Crippen molar-refractivity contribution in [2.24, 2.45) is 0 Å². The number of hydrogen-bond donors (Lipinski definition) is 3. The van der Waals surface area contributed by atoms with Crippen LogP contribution in [0.15, 0.2) is 42.2 Å². The molecule has 1 amide bonds. The van der Waals surface area contributed by atoms with Crippen LogP contribution in [-0.4, -0.2) is 46.2 Å². The zero-order valence-electron chi connectivity index (χ0n) is 15.0. The first-order valence-corrected chi connectivity index (χ1v) is 9.39. The van der Waals surface area contributed by atoms with Gasteiger partial charge >= 0.3 is 0 Å². The maximum atomic E-state index is 12.8. The molecule has 0 bridgehead atoms. The number of anilines is 2. The highest BCUT2D eigenvalue weighted by Crippen LogP contribution is 2.31. The van der Waals surface area contributed by atoms with Crippen molar-refractivity contribution in [2.45, 2.75) is 0 Å². The van der Waals surface area contributed by atoms with Gasteiger partial charge in [0.1, 0.15) is 17.9 Å². The zero-order chi connectivity index (χ0) is 19.5. The van der Waals surface area contributed by atoms with Gasteiger partial charge < -0.3 is 20.5 Å². The molecule has 1 aromatic carbocycles. The minimum Gasteiger partial charge on any atom is -0.494 e. The number of fused-ring (bicyclic) bond motifs is 2. The fourth-order valence-corrected chi connectivity index (χ4v) is 3.69. The summed E-state index contributed by atoms with van der Waals surface area (Å²) in [5, 5.41) is 17.5. The van der Waals surface area contributed by atoms with Gasteiger partial charge in [-0.15, -0.1) is 11.3 Å². The second-order valence-corrected chi connectivity index (χ2v) is 6.84. The van der Waals surface area contributed by atoms with E-state index in [-0.39, 0.29) is 12.5 Å². The van der Waals surface area contributed by atoms with E-state index < -0.39 is 0 Å². The summed E-state index contributed by atoms with van der Waals surface area (Å²) in [6.07, 6.45) is 3.12. The van der Waals surface area contributed by atoms with Crippen molar-refractivity contribution in [3.05, 3.63) is 47.7 Å². The third-order valence-electron chi connectivity index (χ3n) is 4.16. The van der Waals surface area contributed by atoms with Crippen LogP contribution in [-0.2, 0) is 0 Å². The van der Waals surface area contributed by atoms with Gasteiger partial charge in [-0.25, -0.2) is 15.0 Å². The predicted molar refractivity (Wildman–Crippen MR) is 109 cm³/mol. The van der Waals surface area contributed by atoms with Gasteiger partial charge in [0.2, 0.25) is 0 Å². The molecule has 0 atom stereocenters. The zero-order valence-corrected chi connectivity index (χ0v) is 15.8. The number of carbonyl (C=O) groups excluding carboxylic acids is 1. The molecule has 3 heterocycles. The molecule has 0 spiro atoms. The third-order valence-corrected chi connectivity index (χ3v) is 5.06. The van der Waals surface area contributed by atoms with Crippen LogP contribution >= 0.6 is 11.3 Å². The number of rotatable bonds is 6. The fourth-order valence-electron chi connectivity index (χ4n) is 2.84. The molecule has 0 saturated heterocycles. The Morgan fingerprint density at radius 1 is 1.32 bits per heavy atom. The van der Waals surface area contributed by atoms with Crippen LogP contribution in [0.1, 0.15) is 10.4 Å². The minimum atomic E-state index is -0.267. The molecule has 0 unspecified atom stereocenters. The second kappa shape index (κ2) is 7.75. The topological polar surface area (TPSA) is 109 Å². The highest BCUT2D eigenvalue weighted by Gasteiger charge is 2.16. The van der Waals surface area contributed by atoms with Crippen LogP contribution in [0.2, 0.25) is 0 Å². The van der Waals surface area contributed by atoms with E-state index in [1.54, 1.807) is 17.6 Å². The molecule has 0 aliphatic heterocycles. The quantitative estimate of drug-likeness (QED) is 0.460. The van der Waals surface area contributed by atoms with Crippen molar-refractivity contribution >= 4 is 49.9 Å². The summed E-state index contributed by atoms with van der Waals surface area (Å²) in [5.74, 6) is 0.892. The molecule has 0 fully saturated rings. The summed E-state index contributed by atoms with van der Waals surface area (Å²) < 4.78 is 6.29. The van der Waals surface area contributed by atoms with E-state index in [4.69, 9.17) is 9.84 Å². The third kappa shape index (κ3) is 3.45. The molecule has 8 nitrogen and oxygen atoms in total. The molecule has 0 aliphatic rings. The van der Waals surface area contributed by atoms with Gasteiger partial charge in [-0.2, -0.15) is 0 Å². The number of nitrogens with zero attached hydrogens (tertiary/aromatic N) is 3. The van der Waals surface area contributed by atoms with E-state index in [1.807, 2.05) is 18.2 Å². The summed E-state index contributed by atoms with van der Waals surface area (Å²) in [5.41, 5.74) is 2.38. The highest BCUT2D eigenvalue weighted by molar-refractivity contribution is 7.17. The number of aliphatic hydroxyl groups is 1. The van der Waals surface area contributed by atoms with Gasteiger partial charge in [0.25, 0.3) is 5.91 Å². The largest absolute Gasteiger partial charge is 0.494 e. The lowest BCUT2D eigenvalue weighted by molar-refractivity contribution is 0.102. The first kappa shape index (κ1) is 18.1. The first-order valence-electron chi connectivity index (χ1n) is 8.51. The van der Waals surface area contributed by atoms with Gasteiger partial charge in [-0.3, -0.25) is 4.79 Å². The number of aliphatic hydroxyl groups excluding tert-OH is 1. The summed E-state index contributed by atoms with van der Waals surface area (Å²) >= 11 is 1.42. The molecule has 4 aromatic rings. The summed E-state index contributed by atoms with van der Waals surface area (Å²) in [4.78, 5) is 25.5. The van der Waals surface area contributed by atoms with Gasteiger partial charge in [0.15, 0.2) is 0 Å². The van der Waals surface area contributed by atoms with E-state index in [0.717, 1.165) is 10.1 Å². The number of methoxy groups -OCH3 is 1. The first-order chi connectivity index (χ1) is 13.7. The second-order valence-electron chi connectivity index (χ2n) is 5.93. The Morgan fingerprint density at radius 2 is 2.21 bits per heavy atom. The smallest absolute Gasteiger partial charge is 0.258 e. The summed E-state index contributed by atoms with van der Waals surface area (Å²) in [6.45, 7) is 0.443. The van der Waals surface area contributed by atoms with Crippen LogP contribution in [0.3, 0.4) is 0 Å². The molecule has 3 N–H and O–H groups in total. The van der Waals surface area contributed by atoms with Crippen molar-refractivity contribution < 1.29 is 14.6 Å². The van der Waals surface area contributed by atoms with Gasteiger partial charge in [-0.05, 0) is 18.2 Å². The number of aromatic nitrogens is 3. The normalized spacial score (nSPS) is 10.9. The number of thiophene rings is 1. The van der Waals surface area contributed by atoms with Crippen LogP contribution in [0.25, 0.3) is 21.1 Å². The number of ether oxygens (including phenoxy) is 1. The molecular weight excluding hydrogens is 378 g/mol. The Labute approximate surface area is 164 Å². The average Bonchev–Trinajstić information content (AvgIpc) is 3.16. The van der Waals surface area contributed by atoms with Crippen molar-refractivity contribution in [3.8, 4) is 5.75 Å². The Balaban J connectivity index is 1.66. The van der Waals surface area contributed by atoms with Crippen molar-refractivity contribution in [2.75, 3.05) is 30.9 Å². The molecule has 142 valence electrons. The molecule has 4 rings (SSSR count). The molecule has 0 aliphatic carbocycles. The maximum absolute atomic E-state index is 12.8. The number of carbonyl (C=O) groups is 1. The number of pyridine rings is 1. The molecule has 0 saturated carbocycles. The molecule has 9 heteroatoms. The average molecular weight is 395 g/mol. The minimum absolute atomic E-state index is 0.0240. The molecular formula is C19H17N5O3S. The lowest BCUT2D eigenvalue weighted by Gasteiger charge is -2.12. The fraction of sp³-hybridized carbons (Fsp3) is 0.158. The van der Waals surface area contributed by atoms with E-state index in [9.17, 15) is 4.79 Å². The molecule has 0 radical (unpaired) electrons. The number of amides is 1. The van der Waals surface area contributed by atoms with Crippen LogP contribution < -0.4 is 15.4 Å². The van der Waals surface area contributed by atoms with Gasteiger partial charge in [-0.1, -0.05) is 0 Å². The van der Waals surface area contributed by atoms with E-state index in [1.165, 1.54) is 24.8 Å². The Kier molecular flexibility index (Phi) is 5.00. The predicted octanol–water partition coefficient (Wildman–Crippen LogP) is 2.90. The van der Waals surface area contributed by atoms with Crippen molar-refractivity contribution in [1.29, 1.82) is 0 Å². The summed E-state index contributed by atoms with van der Waals surface area (Å²) in [7, 11) is 1.54. The number of nitrogens with one attached hydrogen (secondary N) is 2. The van der Waals surface area contributed by atoms with Crippen LogP contribution in [0.4, 0.5) is 11.5 Å². The van der Waals surface area contributed by atoms with E-state index in [2.05, 4.69) is 25.6 Å². The Hall–Kier alpha value is -3.30. The molecule has 28 heavy (non-hydrogen) atoms. The Morgan fingerprint density at radius 3 is 3.04 bits per heavy atom. The standard InChI is InChI=1S/C19H17N5O3S/c1-27-15-7-13-11(2-3-17(23-13)21-4-5-25)6-14(15)24-19(26)12-9-28-16-8-20-10-22-18(12)16/h2-3,6-10,25H,4-5H2,1H3,(H,21,23)(H,24,26). The maximum Gasteiger partial charge on any atom is 0.258 e. The number of benzene rings is 1. The lowest BCUT2D eigenvalue weighted by Crippen LogP contribution is -2.12. The summed E-state index contributed by atoms with van der Waals surface area (Å²) in [6, 6.07) is 7.30. The Bertz CT molecular complexity index is 1160. The van der Waals surface area contributed by atoms with Gasteiger partial charge in [0, 0.05) is 29.6 Å². The SMILES string of the molecule is COc1cc2nc(NCCO)ccc2cc1NC(=O)c1csc2cncnc12. The van der Waals surface area contributed by atoms with Crippen LogP contribution in [0, 0.1) is 0 Å². The van der Waals surface area contributed by atoms with Crippen LogP contribution in [0.5, 0.6) is 5.75 Å². The van der Waals surface area contributed by atoms with E-state index in [0.29, 0.717) is 40.4 Å². The van der Waals surface area contributed by atoms with Crippen molar-refractivity contribution in [1.82, 2.24) is 15.0 Å². The lowest BCUT2D eigenvalue weighted by atomic mass is 10.1. The van der Waals surface area contributed by atoms with Gasteiger partial charge in [0.05, 0.1) is 40.7 Å². The van der Waals surface area contributed by atoms with E-state index >= 15 is 0 Å². The molecule has 3 aromatic heterocycles.